The van der Waals surface area contributed by atoms with Gasteiger partial charge >= 0.3 is 0 Å². The van der Waals surface area contributed by atoms with Crippen LogP contribution < -0.4 is 10.8 Å². The SMILES string of the molecule is CCNCC.CC[C@H]1C[C@H](CC(O)O)C[C@@H]1C(=N)n1c(=N)cnc2[nH]ccc21. The maximum absolute atomic E-state index is 9.23. The monoisotopic (exact) mass is 390 g/mol. The number of hydrogen-bond acceptors (Lipinski definition) is 6. The summed E-state index contributed by atoms with van der Waals surface area (Å²) in [6, 6.07) is 1.83. The Bertz CT molecular complexity index is 810. The van der Waals surface area contributed by atoms with Gasteiger partial charge in [0.2, 0.25) is 0 Å². The first kappa shape index (κ1) is 22.3. The first-order chi connectivity index (χ1) is 13.4. The van der Waals surface area contributed by atoms with Crippen LogP contribution in [0.15, 0.2) is 18.5 Å². The molecule has 2 heterocycles. The first-order valence-electron chi connectivity index (χ1n) is 10.2. The van der Waals surface area contributed by atoms with Gasteiger partial charge in [0.15, 0.2) is 11.9 Å². The molecule has 8 nitrogen and oxygen atoms in total. The summed E-state index contributed by atoms with van der Waals surface area (Å²) in [5, 5.41) is 38.4. The largest absolute Gasteiger partial charge is 0.368 e. The van der Waals surface area contributed by atoms with Gasteiger partial charge in [0.05, 0.1) is 11.7 Å². The molecule has 0 bridgehead atoms. The van der Waals surface area contributed by atoms with Crippen molar-refractivity contribution in [2.24, 2.45) is 17.8 Å². The van der Waals surface area contributed by atoms with Crippen LogP contribution in [0, 0.1) is 28.6 Å². The fourth-order valence-electron chi connectivity index (χ4n) is 4.14. The van der Waals surface area contributed by atoms with Gasteiger partial charge in [-0.1, -0.05) is 27.2 Å². The van der Waals surface area contributed by atoms with Crippen LogP contribution in [0.4, 0.5) is 0 Å². The van der Waals surface area contributed by atoms with Crippen LogP contribution in [-0.2, 0) is 0 Å². The Morgan fingerprint density at radius 3 is 2.61 bits per heavy atom. The molecule has 3 atom stereocenters. The van der Waals surface area contributed by atoms with E-state index in [4.69, 9.17) is 10.8 Å². The van der Waals surface area contributed by atoms with Crippen LogP contribution in [0.2, 0.25) is 0 Å². The van der Waals surface area contributed by atoms with E-state index in [-0.39, 0.29) is 17.3 Å². The zero-order valence-electron chi connectivity index (χ0n) is 17.1. The molecule has 3 rings (SSSR count). The lowest BCUT2D eigenvalue weighted by molar-refractivity contribution is -0.0557. The number of fused-ring (bicyclic) bond motifs is 1. The van der Waals surface area contributed by atoms with Gasteiger partial charge in [-0.15, -0.1) is 0 Å². The fourth-order valence-corrected chi connectivity index (χ4v) is 4.14. The predicted octanol–water partition coefficient (Wildman–Crippen LogP) is 2.04. The Kier molecular flexibility index (Phi) is 8.35. The van der Waals surface area contributed by atoms with Gasteiger partial charge in [-0.2, -0.15) is 0 Å². The lowest BCUT2D eigenvalue weighted by Gasteiger charge is -2.21. The highest BCUT2D eigenvalue weighted by atomic mass is 16.5. The molecule has 8 heteroatoms. The van der Waals surface area contributed by atoms with Gasteiger partial charge in [-0.05, 0) is 43.8 Å². The molecule has 2 aromatic heterocycles. The Morgan fingerprint density at radius 1 is 1.32 bits per heavy atom. The molecular formula is C20H34N6O2. The molecule has 1 aliphatic carbocycles. The van der Waals surface area contributed by atoms with Gasteiger partial charge in [0.25, 0.3) is 0 Å². The topological polar surface area (TPSA) is 134 Å². The van der Waals surface area contributed by atoms with Crippen LogP contribution >= 0.6 is 0 Å². The van der Waals surface area contributed by atoms with E-state index in [1.54, 1.807) is 10.8 Å². The lowest BCUT2D eigenvalue weighted by atomic mass is 9.92. The third-order valence-corrected chi connectivity index (χ3v) is 5.45. The Balaban J connectivity index is 0.000000500. The van der Waals surface area contributed by atoms with E-state index in [0.717, 1.165) is 37.9 Å². The number of rotatable bonds is 6. The number of aliphatic hydroxyl groups is 2. The Hall–Kier alpha value is -2.03. The average Bonchev–Trinajstić information content (AvgIpc) is 3.28. The molecule has 0 amide bonds. The van der Waals surface area contributed by atoms with Gasteiger partial charge in [-0.25, -0.2) is 4.98 Å². The van der Waals surface area contributed by atoms with Crippen molar-refractivity contribution in [3.63, 3.8) is 0 Å². The third kappa shape index (κ3) is 5.27. The van der Waals surface area contributed by atoms with Crippen LogP contribution in [0.25, 0.3) is 11.2 Å². The fraction of sp³-hybridized carbons (Fsp3) is 0.650. The first-order valence-corrected chi connectivity index (χ1v) is 10.2. The quantitative estimate of drug-likeness (QED) is 0.256. The lowest BCUT2D eigenvalue weighted by Crippen LogP contribution is -2.33. The van der Waals surface area contributed by atoms with Gasteiger partial charge in [-0.3, -0.25) is 15.4 Å². The van der Waals surface area contributed by atoms with E-state index in [0.29, 0.717) is 23.8 Å². The average molecular weight is 391 g/mol. The minimum absolute atomic E-state index is 0.0262. The summed E-state index contributed by atoms with van der Waals surface area (Å²) in [5.74, 6) is 0.978. The molecule has 0 radical (unpaired) electrons. The number of aromatic amines is 1. The second-order valence-electron chi connectivity index (χ2n) is 7.36. The van der Waals surface area contributed by atoms with Crippen molar-refractivity contribution >= 4 is 17.0 Å². The summed E-state index contributed by atoms with van der Waals surface area (Å²) < 4.78 is 1.64. The summed E-state index contributed by atoms with van der Waals surface area (Å²) in [6.45, 7) is 8.49. The minimum Gasteiger partial charge on any atom is -0.368 e. The van der Waals surface area contributed by atoms with Crippen LogP contribution in [0.5, 0.6) is 0 Å². The summed E-state index contributed by atoms with van der Waals surface area (Å²) in [6.07, 6.45) is 4.89. The number of nitrogens with zero attached hydrogens (tertiary/aromatic N) is 2. The maximum atomic E-state index is 9.23. The normalized spacial score (nSPS) is 21.7. The molecule has 2 aromatic rings. The van der Waals surface area contributed by atoms with Crippen molar-refractivity contribution in [1.82, 2.24) is 19.9 Å². The number of H-pyrrole nitrogens is 1. The highest BCUT2D eigenvalue weighted by Gasteiger charge is 2.37. The van der Waals surface area contributed by atoms with Crippen LogP contribution in [-0.4, -0.2) is 50.0 Å². The molecule has 1 aliphatic rings. The number of aromatic nitrogens is 3. The number of nitrogens with one attached hydrogen (secondary N) is 4. The molecule has 0 saturated heterocycles. The van der Waals surface area contributed by atoms with Gasteiger partial charge in [0, 0.05) is 18.5 Å². The highest BCUT2D eigenvalue weighted by molar-refractivity contribution is 5.91. The molecule has 1 fully saturated rings. The molecule has 0 spiro atoms. The second-order valence-corrected chi connectivity index (χ2v) is 7.36. The maximum Gasteiger partial charge on any atom is 0.154 e. The molecule has 1 saturated carbocycles. The molecule has 28 heavy (non-hydrogen) atoms. The van der Waals surface area contributed by atoms with E-state index in [1.807, 2.05) is 6.07 Å². The number of hydrogen-bond donors (Lipinski definition) is 6. The van der Waals surface area contributed by atoms with E-state index in [9.17, 15) is 10.2 Å². The van der Waals surface area contributed by atoms with Crippen molar-refractivity contribution < 1.29 is 10.2 Å². The Morgan fingerprint density at radius 2 is 2.04 bits per heavy atom. The second kappa shape index (κ2) is 10.5. The van der Waals surface area contributed by atoms with Crippen molar-refractivity contribution in [2.45, 2.75) is 52.7 Å². The number of aliphatic hydroxyl groups excluding tert-OH is 1. The van der Waals surface area contributed by atoms with Crippen molar-refractivity contribution in [3.8, 4) is 0 Å². The van der Waals surface area contributed by atoms with Crippen LogP contribution in [0.1, 0.15) is 46.5 Å². The van der Waals surface area contributed by atoms with Gasteiger partial charge < -0.3 is 20.5 Å². The Labute approximate surface area is 166 Å². The van der Waals surface area contributed by atoms with E-state index >= 15 is 0 Å². The summed E-state index contributed by atoms with van der Waals surface area (Å²) in [5.41, 5.74) is 1.60. The summed E-state index contributed by atoms with van der Waals surface area (Å²) in [7, 11) is 0. The van der Waals surface area contributed by atoms with E-state index in [2.05, 4.69) is 36.1 Å². The molecule has 0 aromatic carbocycles. The smallest absolute Gasteiger partial charge is 0.154 e. The molecule has 0 aliphatic heterocycles. The molecule has 156 valence electrons. The zero-order chi connectivity index (χ0) is 20.7. The molecular weight excluding hydrogens is 356 g/mol. The highest BCUT2D eigenvalue weighted by Crippen LogP contribution is 2.41. The van der Waals surface area contributed by atoms with Gasteiger partial charge in [0.1, 0.15) is 11.3 Å². The minimum atomic E-state index is -1.29. The predicted molar refractivity (Wildman–Crippen MR) is 110 cm³/mol. The summed E-state index contributed by atoms with van der Waals surface area (Å²) >= 11 is 0. The van der Waals surface area contributed by atoms with E-state index in [1.165, 1.54) is 6.20 Å². The molecule has 0 unspecified atom stereocenters. The zero-order valence-corrected chi connectivity index (χ0v) is 17.1. The van der Waals surface area contributed by atoms with Crippen molar-refractivity contribution in [1.29, 1.82) is 10.8 Å². The standard InChI is InChI=1S/C16H23N5O2.C4H11N/c1-2-10-5-9(7-14(22)23)6-11(10)15(18)21-12-3-4-19-16(12)20-8-13(21)17;1-3-5-4-2/h3-4,8-11,14,17-19,22-23H,2,5-7H2,1H3;5H,3-4H2,1-2H3/t9-,10-,11-;/m0./s1. The van der Waals surface area contributed by atoms with Crippen molar-refractivity contribution in [2.75, 3.05) is 13.1 Å². The molecule has 6 N–H and O–H groups in total. The van der Waals surface area contributed by atoms with E-state index < -0.39 is 6.29 Å². The summed E-state index contributed by atoms with van der Waals surface area (Å²) in [4.78, 5) is 7.19. The third-order valence-electron chi connectivity index (χ3n) is 5.45. The van der Waals surface area contributed by atoms with Crippen molar-refractivity contribution in [3.05, 3.63) is 23.9 Å². The van der Waals surface area contributed by atoms with Crippen LogP contribution in [0.3, 0.4) is 0 Å².